The monoisotopic (exact) mass is 617 g/mol. The summed E-state index contributed by atoms with van der Waals surface area (Å²) < 4.78 is 61.9. The maximum absolute atomic E-state index is 16.0. The molecule has 0 fully saturated rings. The van der Waals surface area contributed by atoms with Crippen LogP contribution in [0, 0.1) is 0 Å². The van der Waals surface area contributed by atoms with Gasteiger partial charge in [0, 0.05) is 19.6 Å². The lowest BCUT2D eigenvalue weighted by Crippen LogP contribution is -2.51. The van der Waals surface area contributed by atoms with Gasteiger partial charge in [-0.1, -0.05) is 99.7 Å². The van der Waals surface area contributed by atoms with Crippen LogP contribution < -0.4 is 4.90 Å². The summed E-state index contributed by atoms with van der Waals surface area (Å²) in [5.41, 5.74) is -4.08. The van der Waals surface area contributed by atoms with Gasteiger partial charge in [-0.25, -0.2) is 0 Å². The van der Waals surface area contributed by atoms with E-state index >= 15 is 8.78 Å². The minimum absolute atomic E-state index is 0.0617. The van der Waals surface area contributed by atoms with Crippen molar-refractivity contribution in [1.82, 2.24) is 0 Å². The Bertz CT molecular complexity index is 1270. The van der Waals surface area contributed by atoms with Gasteiger partial charge >= 0.3 is 13.3 Å². The summed E-state index contributed by atoms with van der Waals surface area (Å²) in [5, 5.41) is 0. The number of anilines is 1. The quantitative estimate of drug-likeness (QED) is 0.123. The minimum atomic E-state index is -4.90. The van der Waals surface area contributed by atoms with Crippen LogP contribution >= 0.6 is 7.60 Å². The number of nitrogens with zero attached hydrogens (tertiary/aromatic N) is 1. The molecule has 1 aliphatic rings. The summed E-state index contributed by atoms with van der Waals surface area (Å²) in [6.45, 7) is 6.85. The van der Waals surface area contributed by atoms with Crippen molar-refractivity contribution >= 4 is 24.8 Å². The van der Waals surface area contributed by atoms with Crippen LogP contribution in [-0.4, -0.2) is 37.9 Å². The molecule has 1 unspecified atom stereocenters. The van der Waals surface area contributed by atoms with Crippen molar-refractivity contribution in [2.24, 2.45) is 0 Å². The van der Waals surface area contributed by atoms with Gasteiger partial charge in [0.2, 0.25) is 0 Å². The van der Waals surface area contributed by atoms with Crippen molar-refractivity contribution in [3.63, 3.8) is 0 Å². The number of hydrogen-bond donors (Lipinski definition) is 0. The third kappa shape index (κ3) is 8.30. The molecule has 0 spiro atoms. The van der Waals surface area contributed by atoms with Crippen molar-refractivity contribution in [3.05, 3.63) is 84.0 Å². The van der Waals surface area contributed by atoms with E-state index in [0.29, 0.717) is 6.61 Å². The Labute approximate surface area is 255 Å². The number of unbranched alkanes of at least 4 members (excludes halogenated alkanes) is 5. The summed E-state index contributed by atoms with van der Waals surface area (Å²) in [6, 6.07) is 15.4. The molecular formula is C34H46F2NO5P. The number of amides is 1. The van der Waals surface area contributed by atoms with Crippen LogP contribution in [0.25, 0.3) is 5.57 Å². The number of rotatable bonds is 18. The summed E-state index contributed by atoms with van der Waals surface area (Å²) in [6.07, 6.45) is 12.2. The molecule has 0 saturated carbocycles. The molecule has 3 rings (SSSR count). The van der Waals surface area contributed by atoms with Crippen molar-refractivity contribution in [2.45, 2.75) is 83.9 Å². The van der Waals surface area contributed by atoms with E-state index in [1.807, 2.05) is 42.5 Å². The molecule has 43 heavy (non-hydrogen) atoms. The largest absolute Gasteiger partial charge is 0.404 e. The van der Waals surface area contributed by atoms with E-state index < -0.39 is 30.3 Å². The van der Waals surface area contributed by atoms with Gasteiger partial charge in [0.1, 0.15) is 0 Å². The Morgan fingerprint density at radius 1 is 0.907 bits per heavy atom. The van der Waals surface area contributed by atoms with Crippen LogP contribution in [-0.2, 0) is 28.8 Å². The topological polar surface area (TPSA) is 65.1 Å². The third-order valence-electron chi connectivity index (χ3n) is 7.51. The first-order valence-corrected chi connectivity index (χ1v) is 17.0. The van der Waals surface area contributed by atoms with E-state index in [9.17, 15) is 9.36 Å². The molecule has 9 heteroatoms. The summed E-state index contributed by atoms with van der Waals surface area (Å²) >= 11 is 0. The molecule has 0 aliphatic heterocycles. The normalized spacial score (nSPS) is 17.1. The molecule has 236 valence electrons. The van der Waals surface area contributed by atoms with E-state index in [2.05, 4.69) is 6.92 Å². The zero-order valence-electron chi connectivity index (χ0n) is 25.9. The van der Waals surface area contributed by atoms with Gasteiger partial charge in [0.15, 0.2) is 5.60 Å². The number of carbonyl (C=O) groups is 1. The standard InChI is InChI=1S/C34H46F2NO5P/c1-5-9-10-11-12-18-27-40-33(25-23-29(24-26-33)28-19-14-13-15-20-28)32(38)37(6-2)31-22-17-16-21-30(31)34(35,36)43(39,41-7-3)42-8-4/h13-17,19-25H,5-12,18,26-27H2,1-4H3. The van der Waals surface area contributed by atoms with Crippen LogP contribution in [0.15, 0.2) is 72.8 Å². The molecule has 0 saturated heterocycles. The molecule has 0 N–H and O–H groups in total. The second-order valence-electron chi connectivity index (χ2n) is 10.5. The van der Waals surface area contributed by atoms with Crippen molar-refractivity contribution in [2.75, 3.05) is 31.3 Å². The van der Waals surface area contributed by atoms with Gasteiger partial charge in [-0.3, -0.25) is 9.36 Å². The molecule has 6 nitrogen and oxygen atoms in total. The fraction of sp³-hybridized carbons (Fsp3) is 0.500. The number of alkyl halides is 2. The lowest BCUT2D eigenvalue weighted by atomic mass is 9.87. The number of hydrogen-bond acceptors (Lipinski definition) is 5. The molecule has 1 aliphatic carbocycles. The maximum Gasteiger partial charge on any atom is 0.404 e. The lowest BCUT2D eigenvalue weighted by Gasteiger charge is -2.37. The van der Waals surface area contributed by atoms with Gasteiger partial charge < -0.3 is 18.7 Å². The number of carbonyl (C=O) groups excluding carboxylic acids is 1. The van der Waals surface area contributed by atoms with Crippen LogP contribution in [0.5, 0.6) is 0 Å². The summed E-state index contributed by atoms with van der Waals surface area (Å²) in [5.74, 6) is -0.466. The number of likely N-dealkylation sites (N-methyl/N-ethyl adjacent to an activating group) is 1. The number of halogens is 2. The average Bonchev–Trinajstić information content (AvgIpc) is 3.02. The molecule has 1 atom stereocenters. The molecule has 0 radical (unpaired) electrons. The predicted octanol–water partition coefficient (Wildman–Crippen LogP) is 9.51. The zero-order chi connectivity index (χ0) is 31.3. The Hall–Kier alpha value is -2.64. The van der Waals surface area contributed by atoms with E-state index in [1.165, 1.54) is 43.4 Å². The van der Waals surface area contributed by atoms with E-state index in [0.717, 1.165) is 43.2 Å². The molecule has 0 heterocycles. The Balaban J connectivity index is 1.97. The Kier molecular flexibility index (Phi) is 13.3. The Morgan fingerprint density at radius 2 is 1.53 bits per heavy atom. The number of ether oxygens (including phenoxy) is 1. The highest BCUT2D eigenvalue weighted by atomic mass is 31.2. The number of para-hydroxylation sites is 1. The highest BCUT2D eigenvalue weighted by molar-refractivity contribution is 7.54. The van der Waals surface area contributed by atoms with E-state index in [4.69, 9.17) is 13.8 Å². The van der Waals surface area contributed by atoms with Crippen LogP contribution in [0.4, 0.5) is 14.5 Å². The van der Waals surface area contributed by atoms with Gasteiger partial charge in [0.05, 0.1) is 24.5 Å². The molecule has 2 aromatic carbocycles. The third-order valence-corrected chi connectivity index (χ3v) is 9.63. The summed E-state index contributed by atoms with van der Waals surface area (Å²) in [4.78, 5) is 15.7. The first kappa shape index (κ1) is 34.8. The van der Waals surface area contributed by atoms with Gasteiger partial charge in [-0.2, -0.15) is 8.78 Å². The van der Waals surface area contributed by atoms with Crippen LogP contribution in [0.1, 0.15) is 83.8 Å². The van der Waals surface area contributed by atoms with E-state index in [1.54, 1.807) is 19.1 Å². The minimum Gasteiger partial charge on any atom is -0.361 e. The van der Waals surface area contributed by atoms with Gasteiger partial charge in [-0.15, -0.1) is 0 Å². The van der Waals surface area contributed by atoms with Crippen LogP contribution in [0.2, 0.25) is 0 Å². The second-order valence-corrected chi connectivity index (χ2v) is 12.6. The van der Waals surface area contributed by atoms with Crippen molar-refractivity contribution in [3.8, 4) is 0 Å². The molecule has 1 amide bonds. The summed E-state index contributed by atoms with van der Waals surface area (Å²) in [7, 11) is -4.90. The second kappa shape index (κ2) is 16.4. The maximum atomic E-state index is 16.0. The highest BCUT2D eigenvalue weighted by Crippen LogP contribution is 2.68. The van der Waals surface area contributed by atoms with Crippen molar-refractivity contribution < 1.29 is 31.9 Å². The van der Waals surface area contributed by atoms with Crippen LogP contribution in [0.3, 0.4) is 0 Å². The number of benzene rings is 2. The SMILES string of the molecule is CCCCCCCCOC1(C(=O)N(CC)c2ccccc2C(F)(F)P(=O)(OCC)OCC)C=CC(c2ccccc2)=CC1. The molecule has 0 bridgehead atoms. The lowest BCUT2D eigenvalue weighted by molar-refractivity contribution is -0.138. The van der Waals surface area contributed by atoms with Gasteiger partial charge in [-0.05, 0) is 50.5 Å². The fourth-order valence-electron chi connectivity index (χ4n) is 5.23. The number of allylic oxidation sites excluding steroid dienone is 2. The first-order chi connectivity index (χ1) is 20.7. The molecular weight excluding hydrogens is 571 g/mol. The molecule has 2 aromatic rings. The fourth-order valence-corrected chi connectivity index (χ4v) is 6.80. The highest BCUT2D eigenvalue weighted by Gasteiger charge is 2.56. The smallest absolute Gasteiger partial charge is 0.361 e. The molecule has 0 aromatic heterocycles. The first-order valence-electron chi connectivity index (χ1n) is 15.5. The average molecular weight is 618 g/mol. The van der Waals surface area contributed by atoms with Gasteiger partial charge in [0.25, 0.3) is 5.91 Å². The predicted molar refractivity (Wildman–Crippen MR) is 169 cm³/mol. The van der Waals surface area contributed by atoms with E-state index in [-0.39, 0.29) is 31.9 Å². The Morgan fingerprint density at radius 3 is 2.14 bits per heavy atom. The zero-order valence-corrected chi connectivity index (χ0v) is 26.8. The van der Waals surface area contributed by atoms with Crippen molar-refractivity contribution in [1.29, 1.82) is 0 Å².